The number of hydrogen-bond donors (Lipinski definition) is 2. The summed E-state index contributed by atoms with van der Waals surface area (Å²) in [6.45, 7) is 6.30. The van der Waals surface area contributed by atoms with Crippen LogP contribution in [0.1, 0.15) is 27.7 Å². The predicted molar refractivity (Wildman–Crippen MR) is 76.7 cm³/mol. The summed E-state index contributed by atoms with van der Waals surface area (Å²) in [4.78, 5) is 12.3. The molecule has 4 nitrogen and oxygen atoms in total. The number of aliphatic carboxylic acids is 1. The van der Waals surface area contributed by atoms with Gasteiger partial charge in [-0.2, -0.15) is 13.2 Å². The maximum Gasteiger partial charge on any atom is 0.431 e. The maximum absolute atomic E-state index is 13.3. The van der Waals surface area contributed by atoms with Crippen molar-refractivity contribution >= 4 is 5.97 Å². The first-order chi connectivity index (χ1) is 9.91. The average Bonchev–Trinajstić information content (AvgIpc) is 2.35. The second-order valence-corrected chi connectivity index (χ2v) is 5.77. The van der Waals surface area contributed by atoms with Crippen molar-refractivity contribution in [3.63, 3.8) is 0 Å². The molecule has 7 heteroatoms. The number of terminal acetylenes is 1. The third-order valence-corrected chi connectivity index (χ3v) is 3.22. The van der Waals surface area contributed by atoms with Gasteiger partial charge in [-0.1, -0.05) is 5.92 Å². The number of carboxylic acids is 1. The van der Waals surface area contributed by atoms with Crippen molar-refractivity contribution in [2.24, 2.45) is 0 Å². The SMILES string of the molecule is C#CC(C)(C)N1C(C(F)(F)F)=CC=C(C(=O)O)C1NC(C)C. The number of nitrogens with zero attached hydrogens (tertiary/aromatic N) is 1. The number of halogens is 3. The number of rotatable bonds is 4. The minimum Gasteiger partial charge on any atom is -0.478 e. The summed E-state index contributed by atoms with van der Waals surface area (Å²) in [5.41, 5.74) is -2.49. The lowest BCUT2D eigenvalue weighted by Crippen LogP contribution is -2.60. The highest BCUT2D eigenvalue weighted by Crippen LogP contribution is 2.38. The van der Waals surface area contributed by atoms with E-state index in [1.807, 2.05) is 0 Å². The quantitative estimate of drug-likeness (QED) is 0.783. The van der Waals surface area contributed by atoms with E-state index in [0.717, 1.165) is 17.1 Å². The van der Waals surface area contributed by atoms with Gasteiger partial charge in [0.15, 0.2) is 0 Å². The van der Waals surface area contributed by atoms with Gasteiger partial charge in [0.1, 0.15) is 11.9 Å². The summed E-state index contributed by atoms with van der Waals surface area (Å²) >= 11 is 0. The van der Waals surface area contributed by atoms with E-state index >= 15 is 0 Å². The molecule has 0 saturated heterocycles. The molecule has 122 valence electrons. The van der Waals surface area contributed by atoms with Crippen molar-refractivity contribution in [2.75, 3.05) is 0 Å². The smallest absolute Gasteiger partial charge is 0.431 e. The fourth-order valence-corrected chi connectivity index (χ4v) is 2.21. The van der Waals surface area contributed by atoms with Gasteiger partial charge >= 0.3 is 12.1 Å². The van der Waals surface area contributed by atoms with Crippen LogP contribution in [0.3, 0.4) is 0 Å². The van der Waals surface area contributed by atoms with Crippen LogP contribution in [0.4, 0.5) is 13.2 Å². The van der Waals surface area contributed by atoms with E-state index < -0.39 is 29.5 Å². The van der Waals surface area contributed by atoms with Crippen molar-refractivity contribution in [3.05, 3.63) is 23.4 Å². The molecule has 1 atom stereocenters. The molecule has 0 fully saturated rings. The topological polar surface area (TPSA) is 52.6 Å². The van der Waals surface area contributed by atoms with Crippen LogP contribution in [0, 0.1) is 12.3 Å². The normalized spacial score (nSPS) is 19.6. The van der Waals surface area contributed by atoms with Gasteiger partial charge in [0.2, 0.25) is 0 Å². The first-order valence-electron chi connectivity index (χ1n) is 6.67. The van der Waals surface area contributed by atoms with E-state index in [9.17, 15) is 23.1 Å². The number of alkyl halides is 3. The molecule has 0 saturated carbocycles. The molecule has 0 bridgehead atoms. The molecule has 0 aromatic rings. The highest BCUT2D eigenvalue weighted by atomic mass is 19.4. The molecule has 1 heterocycles. The number of carboxylic acid groups (broad SMARTS) is 1. The van der Waals surface area contributed by atoms with Gasteiger partial charge in [-0.05, 0) is 39.8 Å². The number of allylic oxidation sites excluding steroid dienone is 3. The summed E-state index contributed by atoms with van der Waals surface area (Å²) in [7, 11) is 0. The summed E-state index contributed by atoms with van der Waals surface area (Å²) < 4.78 is 39.9. The zero-order chi connectivity index (χ0) is 17.3. The fourth-order valence-electron chi connectivity index (χ4n) is 2.21. The molecule has 0 aliphatic carbocycles. The van der Waals surface area contributed by atoms with E-state index in [-0.39, 0.29) is 11.6 Å². The van der Waals surface area contributed by atoms with E-state index in [1.54, 1.807) is 13.8 Å². The zero-order valence-electron chi connectivity index (χ0n) is 12.8. The average molecular weight is 316 g/mol. The Morgan fingerprint density at radius 3 is 2.32 bits per heavy atom. The van der Waals surface area contributed by atoms with Crippen LogP contribution >= 0.6 is 0 Å². The monoisotopic (exact) mass is 316 g/mol. The Balaban J connectivity index is 3.52. The third kappa shape index (κ3) is 3.63. The van der Waals surface area contributed by atoms with Gasteiger partial charge in [0.05, 0.1) is 11.1 Å². The number of hydrogen-bond acceptors (Lipinski definition) is 3. The summed E-state index contributed by atoms with van der Waals surface area (Å²) in [6, 6.07) is -0.239. The van der Waals surface area contributed by atoms with Gasteiger partial charge in [-0.25, -0.2) is 4.79 Å². The van der Waals surface area contributed by atoms with E-state index in [2.05, 4.69) is 11.2 Å². The van der Waals surface area contributed by atoms with Crippen LogP contribution in [0.25, 0.3) is 0 Å². The van der Waals surface area contributed by atoms with Gasteiger partial charge in [-0.15, -0.1) is 6.42 Å². The summed E-state index contributed by atoms with van der Waals surface area (Å²) in [5.74, 6) is 1.00. The molecule has 0 radical (unpaired) electrons. The second kappa shape index (κ2) is 6.05. The lowest BCUT2D eigenvalue weighted by Gasteiger charge is -2.46. The minimum atomic E-state index is -4.65. The van der Waals surface area contributed by atoms with Gasteiger partial charge in [0.25, 0.3) is 0 Å². The molecule has 1 aliphatic rings. The Labute approximate surface area is 127 Å². The number of carbonyl (C=O) groups is 1. The molecule has 0 amide bonds. The van der Waals surface area contributed by atoms with Crippen molar-refractivity contribution in [1.82, 2.24) is 10.2 Å². The zero-order valence-corrected chi connectivity index (χ0v) is 12.8. The van der Waals surface area contributed by atoms with Crippen molar-refractivity contribution in [3.8, 4) is 12.3 Å². The number of nitrogens with one attached hydrogen (secondary N) is 1. The first-order valence-corrected chi connectivity index (χ1v) is 6.67. The Bertz CT molecular complexity index is 554. The molecule has 1 rings (SSSR count). The molecule has 1 aliphatic heterocycles. The standard InChI is InChI=1S/C15H19F3N2O2/c1-6-14(4,5)20-11(15(16,17)18)8-7-10(13(21)22)12(20)19-9(2)3/h1,7-9,12,19H,2-5H3,(H,21,22). The van der Waals surface area contributed by atoms with Gasteiger partial charge in [-0.3, -0.25) is 5.32 Å². The van der Waals surface area contributed by atoms with Crippen LogP contribution in [-0.2, 0) is 4.79 Å². The molecule has 0 spiro atoms. The van der Waals surface area contributed by atoms with Crippen LogP contribution in [0.5, 0.6) is 0 Å². The molecule has 2 N–H and O–H groups in total. The highest BCUT2D eigenvalue weighted by molar-refractivity contribution is 5.89. The Hall–Kier alpha value is -1.94. The van der Waals surface area contributed by atoms with E-state index in [4.69, 9.17) is 6.42 Å². The molecular formula is C15H19F3N2O2. The van der Waals surface area contributed by atoms with Crippen molar-refractivity contribution in [1.29, 1.82) is 0 Å². The lowest BCUT2D eigenvalue weighted by molar-refractivity contribution is -0.137. The highest BCUT2D eigenvalue weighted by Gasteiger charge is 2.48. The fraction of sp³-hybridized carbons (Fsp3) is 0.533. The van der Waals surface area contributed by atoms with E-state index in [1.165, 1.54) is 13.8 Å². The summed E-state index contributed by atoms with van der Waals surface area (Å²) in [5, 5.41) is 12.1. The predicted octanol–water partition coefficient (Wildman–Crippen LogP) is 2.50. The molecule has 1 unspecified atom stereocenters. The summed E-state index contributed by atoms with van der Waals surface area (Å²) in [6.07, 6.45) is 1.27. The van der Waals surface area contributed by atoms with Crippen molar-refractivity contribution < 1.29 is 23.1 Å². The Kier molecular flexibility index (Phi) is 4.98. The maximum atomic E-state index is 13.3. The largest absolute Gasteiger partial charge is 0.478 e. The van der Waals surface area contributed by atoms with Crippen LogP contribution in [-0.4, -0.2) is 39.9 Å². The first kappa shape index (κ1) is 18.1. The van der Waals surface area contributed by atoms with Crippen molar-refractivity contribution in [2.45, 2.75) is 51.6 Å². The Morgan fingerprint density at radius 1 is 1.41 bits per heavy atom. The molecular weight excluding hydrogens is 297 g/mol. The lowest BCUT2D eigenvalue weighted by atomic mass is 9.95. The molecule has 22 heavy (non-hydrogen) atoms. The second-order valence-electron chi connectivity index (χ2n) is 5.77. The molecule has 0 aromatic carbocycles. The van der Waals surface area contributed by atoms with Crippen LogP contribution in [0.2, 0.25) is 0 Å². The minimum absolute atomic E-state index is 0.190. The van der Waals surface area contributed by atoms with Gasteiger partial charge in [0, 0.05) is 6.04 Å². The van der Waals surface area contributed by atoms with Crippen LogP contribution in [0.15, 0.2) is 23.4 Å². The molecule has 0 aromatic heterocycles. The Morgan fingerprint density at radius 2 is 1.95 bits per heavy atom. The third-order valence-electron chi connectivity index (χ3n) is 3.22. The van der Waals surface area contributed by atoms with E-state index in [0.29, 0.717) is 0 Å². The van der Waals surface area contributed by atoms with Gasteiger partial charge < -0.3 is 10.0 Å². The van der Waals surface area contributed by atoms with Crippen LogP contribution < -0.4 is 5.32 Å².